The van der Waals surface area contributed by atoms with Gasteiger partial charge in [-0.1, -0.05) is 42.5 Å². The van der Waals surface area contributed by atoms with Crippen LogP contribution in [0.2, 0.25) is 0 Å². The van der Waals surface area contributed by atoms with Gasteiger partial charge in [0, 0.05) is 5.69 Å². The Bertz CT molecular complexity index is 509. The van der Waals surface area contributed by atoms with Gasteiger partial charge in [0.25, 0.3) is 0 Å². The summed E-state index contributed by atoms with van der Waals surface area (Å²) in [6.45, 7) is -0.504. The molecule has 0 spiro atoms. The number of carbonyl (C=O) groups is 1. The van der Waals surface area contributed by atoms with E-state index in [0.29, 0.717) is 5.69 Å². The average molecular weight is 227 g/mol. The van der Waals surface area contributed by atoms with Crippen molar-refractivity contribution in [2.75, 3.05) is 11.9 Å². The van der Waals surface area contributed by atoms with Crippen molar-refractivity contribution in [3.05, 3.63) is 54.6 Å². The summed E-state index contributed by atoms with van der Waals surface area (Å²) in [5.41, 5.74) is 2.80. The van der Waals surface area contributed by atoms with Crippen LogP contribution in [0.15, 0.2) is 54.6 Å². The molecule has 86 valence electrons. The van der Waals surface area contributed by atoms with Gasteiger partial charge in [0.2, 0.25) is 5.91 Å². The SMILES string of the molecule is O=C(CO)Nc1cccc(-c2ccccc2)c1. The van der Waals surface area contributed by atoms with Crippen LogP contribution in [0.3, 0.4) is 0 Å². The minimum absolute atomic E-state index is 0.407. The number of hydrogen-bond donors (Lipinski definition) is 2. The predicted molar refractivity (Wildman–Crippen MR) is 67.6 cm³/mol. The molecule has 0 saturated heterocycles. The maximum atomic E-state index is 11.1. The molecule has 0 bridgehead atoms. The molecule has 0 fully saturated rings. The third-order valence-corrected chi connectivity index (χ3v) is 2.40. The second-order valence-corrected chi connectivity index (χ2v) is 3.65. The molecule has 0 saturated carbocycles. The highest BCUT2D eigenvalue weighted by Crippen LogP contribution is 2.22. The van der Waals surface area contributed by atoms with Crippen LogP contribution < -0.4 is 5.32 Å². The molecule has 0 unspecified atom stereocenters. The van der Waals surface area contributed by atoms with Crippen LogP contribution in [0.25, 0.3) is 11.1 Å². The van der Waals surface area contributed by atoms with Gasteiger partial charge in [-0.25, -0.2) is 0 Å². The number of benzene rings is 2. The molecule has 3 heteroatoms. The fourth-order valence-corrected chi connectivity index (χ4v) is 1.61. The maximum Gasteiger partial charge on any atom is 0.250 e. The first kappa shape index (κ1) is 11.4. The molecule has 2 aromatic rings. The smallest absolute Gasteiger partial charge is 0.250 e. The lowest BCUT2D eigenvalue weighted by atomic mass is 10.1. The molecule has 0 aliphatic heterocycles. The summed E-state index contributed by atoms with van der Waals surface area (Å²) in [5, 5.41) is 11.3. The Morgan fingerprint density at radius 2 is 1.71 bits per heavy atom. The van der Waals surface area contributed by atoms with Crippen molar-refractivity contribution in [1.29, 1.82) is 0 Å². The number of nitrogens with one attached hydrogen (secondary N) is 1. The summed E-state index contributed by atoms with van der Waals surface area (Å²) in [7, 11) is 0. The highest BCUT2D eigenvalue weighted by Gasteiger charge is 2.01. The minimum Gasteiger partial charge on any atom is -0.387 e. The predicted octanol–water partition coefficient (Wildman–Crippen LogP) is 2.28. The summed E-state index contributed by atoms with van der Waals surface area (Å²) in [4.78, 5) is 11.1. The van der Waals surface area contributed by atoms with Gasteiger partial charge in [-0.15, -0.1) is 0 Å². The zero-order valence-electron chi connectivity index (χ0n) is 9.26. The molecule has 2 aromatic carbocycles. The Morgan fingerprint density at radius 1 is 1.00 bits per heavy atom. The highest BCUT2D eigenvalue weighted by molar-refractivity contribution is 5.92. The number of amides is 1. The zero-order chi connectivity index (χ0) is 12.1. The topological polar surface area (TPSA) is 49.3 Å². The maximum absolute atomic E-state index is 11.1. The Balaban J connectivity index is 2.26. The van der Waals surface area contributed by atoms with E-state index in [1.807, 2.05) is 48.5 Å². The summed E-state index contributed by atoms with van der Waals surface area (Å²) in [5.74, 6) is -0.407. The molecule has 3 nitrogen and oxygen atoms in total. The highest BCUT2D eigenvalue weighted by atomic mass is 16.3. The molecule has 0 aromatic heterocycles. The summed E-state index contributed by atoms with van der Waals surface area (Å²) >= 11 is 0. The van der Waals surface area contributed by atoms with Crippen molar-refractivity contribution in [2.45, 2.75) is 0 Å². The number of carbonyl (C=O) groups excluding carboxylic acids is 1. The van der Waals surface area contributed by atoms with Gasteiger partial charge in [0.15, 0.2) is 0 Å². The fraction of sp³-hybridized carbons (Fsp3) is 0.0714. The summed E-state index contributed by atoms with van der Waals surface area (Å²) < 4.78 is 0. The Kier molecular flexibility index (Phi) is 3.52. The normalized spacial score (nSPS) is 9.94. The van der Waals surface area contributed by atoms with Gasteiger partial charge in [0.1, 0.15) is 6.61 Å². The van der Waals surface area contributed by atoms with Crippen LogP contribution in [0.4, 0.5) is 5.69 Å². The number of hydrogen-bond acceptors (Lipinski definition) is 2. The lowest BCUT2D eigenvalue weighted by Crippen LogP contribution is -2.15. The fourth-order valence-electron chi connectivity index (χ4n) is 1.61. The van der Waals surface area contributed by atoms with Gasteiger partial charge in [-0.2, -0.15) is 0 Å². The van der Waals surface area contributed by atoms with Crippen LogP contribution in [-0.4, -0.2) is 17.6 Å². The average Bonchev–Trinajstić information content (AvgIpc) is 2.40. The van der Waals surface area contributed by atoms with Crippen LogP contribution in [0.1, 0.15) is 0 Å². The Morgan fingerprint density at radius 3 is 2.41 bits per heavy atom. The first-order chi connectivity index (χ1) is 8.29. The molecule has 2 N–H and O–H groups in total. The number of rotatable bonds is 3. The van der Waals surface area contributed by atoms with Gasteiger partial charge in [-0.3, -0.25) is 4.79 Å². The van der Waals surface area contributed by atoms with E-state index in [0.717, 1.165) is 11.1 Å². The number of anilines is 1. The van der Waals surface area contributed by atoms with Crippen molar-refractivity contribution >= 4 is 11.6 Å². The molecule has 0 heterocycles. The number of aliphatic hydroxyl groups excluding tert-OH is 1. The molecular formula is C14H13NO2. The molecule has 17 heavy (non-hydrogen) atoms. The van der Waals surface area contributed by atoms with E-state index in [2.05, 4.69) is 5.32 Å². The van der Waals surface area contributed by atoms with Crippen LogP contribution >= 0.6 is 0 Å². The molecule has 1 amide bonds. The van der Waals surface area contributed by atoms with Crippen molar-refractivity contribution in [3.63, 3.8) is 0 Å². The quantitative estimate of drug-likeness (QED) is 0.845. The van der Waals surface area contributed by atoms with Crippen LogP contribution in [0.5, 0.6) is 0 Å². The van der Waals surface area contributed by atoms with Gasteiger partial charge >= 0.3 is 0 Å². The largest absolute Gasteiger partial charge is 0.387 e. The standard InChI is InChI=1S/C14H13NO2/c16-10-14(17)15-13-8-4-7-12(9-13)11-5-2-1-3-6-11/h1-9,16H,10H2,(H,15,17). The zero-order valence-corrected chi connectivity index (χ0v) is 9.26. The van der Waals surface area contributed by atoms with Gasteiger partial charge in [0.05, 0.1) is 0 Å². The van der Waals surface area contributed by atoms with Crippen LogP contribution in [-0.2, 0) is 4.79 Å². The van der Waals surface area contributed by atoms with E-state index in [4.69, 9.17) is 5.11 Å². The van der Waals surface area contributed by atoms with Crippen molar-refractivity contribution in [1.82, 2.24) is 0 Å². The van der Waals surface area contributed by atoms with E-state index in [9.17, 15) is 4.79 Å². The summed E-state index contributed by atoms with van der Waals surface area (Å²) in [6, 6.07) is 17.4. The second kappa shape index (κ2) is 5.27. The molecule has 0 atom stereocenters. The van der Waals surface area contributed by atoms with Crippen molar-refractivity contribution < 1.29 is 9.90 Å². The minimum atomic E-state index is -0.504. The van der Waals surface area contributed by atoms with E-state index in [1.54, 1.807) is 6.07 Å². The Labute approximate surface area is 99.7 Å². The van der Waals surface area contributed by atoms with Crippen LogP contribution in [0, 0.1) is 0 Å². The third-order valence-electron chi connectivity index (χ3n) is 2.40. The third kappa shape index (κ3) is 2.92. The van der Waals surface area contributed by atoms with Crippen molar-refractivity contribution in [3.8, 4) is 11.1 Å². The molecule has 2 rings (SSSR count). The monoisotopic (exact) mass is 227 g/mol. The lowest BCUT2D eigenvalue weighted by molar-refractivity contribution is -0.118. The second-order valence-electron chi connectivity index (χ2n) is 3.65. The van der Waals surface area contributed by atoms with E-state index < -0.39 is 12.5 Å². The first-order valence-electron chi connectivity index (χ1n) is 5.36. The lowest BCUT2D eigenvalue weighted by Gasteiger charge is -2.06. The van der Waals surface area contributed by atoms with Gasteiger partial charge < -0.3 is 10.4 Å². The molecule has 0 aliphatic carbocycles. The van der Waals surface area contributed by atoms with Gasteiger partial charge in [-0.05, 0) is 23.3 Å². The summed E-state index contributed by atoms with van der Waals surface area (Å²) in [6.07, 6.45) is 0. The van der Waals surface area contributed by atoms with Crippen molar-refractivity contribution in [2.24, 2.45) is 0 Å². The molecule has 0 aliphatic rings. The first-order valence-corrected chi connectivity index (χ1v) is 5.36. The molecular weight excluding hydrogens is 214 g/mol. The Hall–Kier alpha value is -2.13. The van der Waals surface area contributed by atoms with E-state index in [-0.39, 0.29) is 0 Å². The van der Waals surface area contributed by atoms with E-state index >= 15 is 0 Å². The molecule has 0 radical (unpaired) electrons. The van der Waals surface area contributed by atoms with E-state index in [1.165, 1.54) is 0 Å². The number of aliphatic hydroxyl groups is 1.